The van der Waals surface area contributed by atoms with Gasteiger partial charge in [-0.3, -0.25) is 14.6 Å². The quantitative estimate of drug-likeness (QED) is 0.492. The lowest BCUT2D eigenvalue weighted by molar-refractivity contribution is -0.120. The van der Waals surface area contributed by atoms with Crippen LogP contribution in [0.3, 0.4) is 0 Å². The Morgan fingerprint density at radius 1 is 1.18 bits per heavy atom. The second-order valence-corrected chi connectivity index (χ2v) is 6.11. The Morgan fingerprint density at radius 2 is 1.89 bits per heavy atom. The lowest BCUT2D eigenvalue weighted by Crippen LogP contribution is -2.34. The summed E-state index contributed by atoms with van der Waals surface area (Å²) in [5, 5.41) is 11.2. The lowest BCUT2D eigenvalue weighted by atomic mass is 10.2. The minimum absolute atomic E-state index is 0.214. The minimum Gasteiger partial charge on any atom is -0.343 e. The summed E-state index contributed by atoms with van der Waals surface area (Å²) in [6, 6.07) is 12.5. The highest BCUT2D eigenvalue weighted by Crippen LogP contribution is 2.21. The van der Waals surface area contributed by atoms with Gasteiger partial charge >= 0.3 is 0 Å². The number of amides is 2. The van der Waals surface area contributed by atoms with Crippen LogP contribution in [0.2, 0.25) is 5.15 Å². The van der Waals surface area contributed by atoms with Crippen LogP contribution in [0.5, 0.6) is 0 Å². The first kappa shape index (κ1) is 19.2. The molecule has 0 aliphatic carbocycles. The van der Waals surface area contributed by atoms with Crippen LogP contribution in [0.15, 0.2) is 60.0 Å². The number of hydrogen-bond acceptors (Lipinski definition) is 5. The molecule has 2 N–H and O–H groups in total. The number of rotatable bonds is 6. The van der Waals surface area contributed by atoms with Crippen molar-refractivity contribution in [3.8, 4) is 5.69 Å². The molecular formula is C19H17ClN6O2. The van der Waals surface area contributed by atoms with Crippen LogP contribution in [-0.2, 0) is 4.79 Å². The molecule has 0 fully saturated rings. The highest BCUT2D eigenvalue weighted by atomic mass is 35.5. The number of hydrazone groups is 1. The summed E-state index contributed by atoms with van der Waals surface area (Å²) in [4.78, 5) is 27.6. The first-order valence-corrected chi connectivity index (χ1v) is 8.74. The zero-order chi connectivity index (χ0) is 19.9. The number of carbonyl (C=O) groups is 2. The molecule has 0 aliphatic heterocycles. The van der Waals surface area contributed by atoms with Crippen molar-refractivity contribution in [2.45, 2.75) is 6.92 Å². The third-order valence-corrected chi connectivity index (χ3v) is 4.15. The highest BCUT2D eigenvalue weighted by molar-refractivity contribution is 6.32. The van der Waals surface area contributed by atoms with Gasteiger partial charge in [0.2, 0.25) is 0 Å². The molecule has 8 nitrogen and oxygen atoms in total. The number of nitrogens with one attached hydrogen (secondary N) is 2. The molecule has 2 aromatic heterocycles. The molecule has 1 aromatic carbocycles. The average molecular weight is 397 g/mol. The van der Waals surface area contributed by atoms with E-state index in [0.717, 1.165) is 5.69 Å². The Kier molecular flexibility index (Phi) is 6.13. The van der Waals surface area contributed by atoms with Gasteiger partial charge < -0.3 is 5.32 Å². The predicted octanol–water partition coefficient (Wildman–Crippen LogP) is 2.11. The van der Waals surface area contributed by atoms with E-state index in [1.165, 1.54) is 18.6 Å². The number of aryl methyl sites for hydroxylation is 1. The molecule has 0 saturated carbocycles. The number of hydrogen-bond donors (Lipinski definition) is 2. The molecule has 28 heavy (non-hydrogen) atoms. The van der Waals surface area contributed by atoms with Gasteiger partial charge in [0.05, 0.1) is 29.7 Å². The number of aromatic nitrogens is 3. The maximum atomic E-state index is 11.9. The molecule has 9 heteroatoms. The lowest BCUT2D eigenvalue weighted by Gasteiger charge is -2.03. The summed E-state index contributed by atoms with van der Waals surface area (Å²) in [5.41, 5.74) is 4.84. The Hall–Kier alpha value is -3.52. The van der Waals surface area contributed by atoms with Crippen molar-refractivity contribution in [2.24, 2.45) is 5.10 Å². The van der Waals surface area contributed by atoms with E-state index in [4.69, 9.17) is 11.6 Å². The Balaban J connectivity index is 1.58. The van der Waals surface area contributed by atoms with Crippen LogP contribution >= 0.6 is 11.6 Å². The Morgan fingerprint density at radius 3 is 2.61 bits per heavy atom. The fraction of sp³-hybridized carbons (Fsp3) is 0.105. The van der Waals surface area contributed by atoms with Crippen LogP contribution in [0.4, 0.5) is 0 Å². The number of carbonyl (C=O) groups excluding carboxylic acids is 2. The van der Waals surface area contributed by atoms with Gasteiger partial charge in [-0.25, -0.2) is 10.1 Å². The first-order valence-electron chi connectivity index (χ1n) is 8.37. The molecule has 0 unspecified atom stereocenters. The minimum atomic E-state index is -0.470. The largest absolute Gasteiger partial charge is 0.343 e. The van der Waals surface area contributed by atoms with Gasteiger partial charge in [0.25, 0.3) is 11.8 Å². The molecule has 0 aliphatic rings. The molecule has 0 atom stereocenters. The van der Waals surface area contributed by atoms with E-state index in [9.17, 15) is 9.59 Å². The van der Waals surface area contributed by atoms with Gasteiger partial charge in [-0.15, -0.1) is 0 Å². The van der Waals surface area contributed by atoms with Gasteiger partial charge in [-0.05, 0) is 31.2 Å². The van der Waals surface area contributed by atoms with E-state index in [0.29, 0.717) is 22.0 Å². The highest BCUT2D eigenvalue weighted by Gasteiger charge is 2.13. The molecule has 3 rings (SSSR count). The van der Waals surface area contributed by atoms with Gasteiger partial charge in [0, 0.05) is 18.0 Å². The SMILES string of the molecule is Cc1nn(-c2ccccc2)c(Cl)c1/C=N/NC(=O)CNC(=O)c1ccncc1. The number of nitrogens with zero attached hydrogens (tertiary/aromatic N) is 4. The third kappa shape index (κ3) is 4.60. The Bertz CT molecular complexity index is 1000. The van der Waals surface area contributed by atoms with E-state index in [2.05, 4.69) is 25.9 Å². The van der Waals surface area contributed by atoms with E-state index < -0.39 is 5.91 Å². The summed E-state index contributed by atoms with van der Waals surface area (Å²) in [6.07, 6.45) is 4.43. The molecule has 0 saturated heterocycles. The van der Waals surface area contributed by atoms with Gasteiger partial charge in [-0.1, -0.05) is 29.8 Å². The van der Waals surface area contributed by atoms with Crippen molar-refractivity contribution in [2.75, 3.05) is 6.54 Å². The van der Waals surface area contributed by atoms with Crippen LogP contribution in [-0.4, -0.2) is 39.3 Å². The zero-order valence-corrected chi connectivity index (χ0v) is 15.7. The molecule has 142 valence electrons. The first-order chi connectivity index (χ1) is 13.6. The topological polar surface area (TPSA) is 101 Å². The van der Waals surface area contributed by atoms with Crippen LogP contribution < -0.4 is 10.7 Å². The summed E-state index contributed by atoms with van der Waals surface area (Å²) in [7, 11) is 0. The van der Waals surface area contributed by atoms with E-state index in [1.807, 2.05) is 30.3 Å². The Labute approximate surface area is 166 Å². The van der Waals surface area contributed by atoms with Crippen LogP contribution in [0.25, 0.3) is 5.69 Å². The maximum absolute atomic E-state index is 11.9. The monoisotopic (exact) mass is 396 g/mol. The molecule has 2 heterocycles. The van der Waals surface area contributed by atoms with Crippen LogP contribution in [0.1, 0.15) is 21.6 Å². The molecule has 0 spiro atoms. The van der Waals surface area contributed by atoms with Crippen molar-refractivity contribution < 1.29 is 9.59 Å². The second kappa shape index (κ2) is 8.92. The fourth-order valence-corrected chi connectivity index (χ4v) is 2.69. The summed E-state index contributed by atoms with van der Waals surface area (Å²) in [5.74, 6) is -0.840. The van der Waals surface area contributed by atoms with Gasteiger partial charge in [0.1, 0.15) is 5.15 Å². The molecule has 0 bridgehead atoms. The molecular weight excluding hydrogens is 380 g/mol. The van der Waals surface area contributed by atoms with Gasteiger partial charge in [-0.2, -0.15) is 10.2 Å². The van der Waals surface area contributed by atoms with Crippen molar-refractivity contribution >= 4 is 29.6 Å². The second-order valence-electron chi connectivity index (χ2n) is 5.75. The number of para-hydroxylation sites is 1. The predicted molar refractivity (Wildman–Crippen MR) is 106 cm³/mol. The maximum Gasteiger partial charge on any atom is 0.259 e. The van der Waals surface area contributed by atoms with Crippen LogP contribution in [0, 0.1) is 6.92 Å². The van der Waals surface area contributed by atoms with Crippen molar-refractivity contribution in [1.82, 2.24) is 25.5 Å². The fourth-order valence-electron chi connectivity index (χ4n) is 2.37. The van der Waals surface area contributed by atoms with Crippen molar-refractivity contribution in [3.63, 3.8) is 0 Å². The number of pyridine rings is 1. The third-order valence-electron chi connectivity index (χ3n) is 3.78. The standard InChI is InChI=1S/C19H17ClN6O2/c1-13-16(18(20)26(25-13)15-5-3-2-4-6-15)11-23-24-17(27)12-22-19(28)14-7-9-21-10-8-14/h2-11H,12H2,1H3,(H,22,28)(H,24,27)/b23-11+. The zero-order valence-electron chi connectivity index (χ0n) is 15.0. The molecule has 0 radical (unpaired) electrons. The average Bonchev–Trinajstić information content (AvgIpc) is 3.01. The summed E-state index contributed by atoms with van der Waals surface area (Å²) >= 11 is 6.38. The van der Waals surface area contributed by atoms with Crippen molar-refractivity contribution in [1.29, 1.82) is 0 Å². The molecule has 3 aromatic rings. The summed E-state index contributed by atoms with van der Waals surface area (Å²) in [6.45, 7) is 1.58. The van der Waals surface area contributed by atoms with E-state index >= 15 is 0 Å². The summed E-state index contributed by atoms with van der Waals surface area (Å²) < 4.78 is 1.59. The number of halogens is 1. The van der Waals surface area contributed by atoms with E-state index in [1.54, 1.807) is 23.7 Å². The smallest absolute Gasteiger partial charge is 0.259 e. The van der Waals surface area contributed by atoms with Crippen molar-refractivity contribution in [3.05, 3.63) is 76.8 Å². The number of benzene rings is 1. The van der Waals surface area contributed by atoms with E-state index in [-0.39, 0.29) is 12.5 Å². The van der Waals surface area contributed by atoms with Gasteiger partial charge in [0.15, 0.2) is 0 Å². The molecule has 2 amide bonds. The normalized spacial score (nSPS) is 10.8.